The van der Waals surface area contributed by atoms with E-state index in [9.17, 15) is 23.5 Å². The predicted molar refractivity (Wildman–Crippen MR) is 107 cm³/mol. The summed E-state index contributed by atoms with van der Waals surface area (Å²) >= 11 is 0. The van der Waals surface area contributed by atoms with Gasteiger partial charge >= 0.3 is 6.03 Å². The Morgan fingerprint density at radius 3 is 2.57 bits per heavy atom. The largest absolute Gasteiger partial charge is 0.394 e. The first-order valence-corrected chi connectivity index (χ1v) is 9.58. The SMILES string of the molecule is O=C(C[C@@H]1CC[C@@H](NC(=O)Nc2cc(F)ccc2F)[C@@H](CO)O1)Nc1ccccc1. The lowest BCUT2D eigenvalue weighted by atomic mass is 9.97. The number of carbonyl (C=O) groups excluding carboxylic acids is 2. The summed E-state index contributed by atoms with van der Waals surface area (Å²) in [7, 11) is 0. The highest BCUT2D eigenvalue weighted by Crippen LogP contribution is 2.23. The van der Waals surface area contributed by atoms with Gasteiger partial charge in [-0.1, -0.05) is 18.2 Å². The van der Waals surface area contributed by atoms with Gasteiger partial charge in [0.25, 0.3) is 0 Å². The van der Waals surface area contributed by atoms with Gasteiger partial charge in [-0.2, -0.15) is 0 Å². The van der Waals surface area contributed by atoms with E-state index >= 15 is 0 Å². The van der Waals surface area contributed by atoms with E-state index in [0.29, 0.717) is 18.5 Å². The van der Waals surface area contributed by atoms with Gasteiger partial charge in [-0.3, -0.25) is 4.79 Å². The van der Waals surface area contributed by atoms with Crippen LogP contribution in [0.5, 0.6) is 0 Å². The summed E-state index contributed by atoms with van der Waals surface area (Å²) in [5, 5.41) is 17.3. The lowest BCUT2D eigenvalue weighted by Crippen LogP contribution is -2.52. The molecule has 1 aliphatic rings. The van der Waals surface area contributed by atoms with Crippen LogP contribution in [0.15, 0.2) is 48.5 Å². The lowest BCUT2D eigenvalue weighted by Gasteiger charge is -2.35. The van der Waals surface area contributed by atoms with Crippen molar-refractivity contribution in [2.45, 2.75) is 37.5 Å². The zero-order valence-corrected chi connectivity index (χ0v) is 16.1. The minimum absolute atomic E-state index is 0.110. The molecule has 0 aliphatic carbocycles. The second-order valence-corrected chi connectivity index (χ2v) is 7.00. The van der Waals surface area contributed by atoms with Crippen LogP contribution in [-0.2, 0) is 9.53 Å². The van der Waals surface area contributed by atoms with Crippen LogP contribution < -0.4 is 16.0 Å². The molecule has 160 valence electrons. The van der Waals surface area contributed by atoms with Crippen LogP contribution in [0.25, 0.3) is 0 Å². The number of ether oxygens (including phenoxy) is 1. The van der Waals surface area contributed by atoms with Crippen molar-refractivity contribution in [1.29, 1.82) is 0 Å². The monoisotopic (exact) mass is 419 g/mol. The fraction of sp³-hybridized carbons (Fsp3) is 0.333. The summed E-state index contributed by atoms with van der Waals surface area (Å²) in [6.07, 6.45) is -0.0892. The molecule has 1 heterocycles. The van der Waals surface area contributed by atoms with Crippen molar-refractivity contribution >= 4 is 23.3 Å². The molecule has 2 aromatic rings. The molecule has 1 aliphatic heterocycles. The van der Waals surface area contributed by atoms with Gasteiger partial charge in [-0.25, -0.2) is 13.6 Å². The Morgan fingerprint density at radius 2 is 1.83 bits per heavy atom. The maximum absolute atomic E-state index is 13.7. The Kier molecular flexibility index (Phi) is 7.31. The molecule has 0 aromatic heterocycles. The van der Waals surface area contributed by atoms with Crippen LogP contribution in [0.3, 0.4) is 0 Å². The molecule has 3 amide bonds. The third-order valence-electron chi connectivity index (χ3n) is 4.76. The Balaban J connectivity index is 1.50. The number of para-hydroxylation sites is 1. The quantitative estimate of drug-likeness (QED) is 0.578. The average molecular weight is 419 g/mol. The smallest absolute Gasteiger partial charge is 0.319 e. The number of benzene rings is 2. The topological polar surface area (TPSA) is 99.7 Å². The van der Waals surface area contributed by atoms with E-state index in [1.165, 1.54) is 0 Å². The molecule has 3 rings (SSSR count). The number of urea groups is 1. The van der Waals surface area contributed by atoms with Gasteiger partial charge in [0, 0.05) is 11.8 Å². The van der Waals surface area contributed by atoms with Crippen molar-refractivity contribution in [3.8, 4) is 0 Å². The first-order valence-electron chi connectivity index (χ1n) is 9.58. The van der Waals surface area contributed by atoms with Crippen molar-refractivity contribution in [3.63, 3.8) is 0 Å². The first-order chi connectivity index (χ1) is 14.4. The molecule has 4 N–H and O–H groups in total. The van der Waals surface area contributed by atoms with Crippen molar-refractivity contribution in [3.05, 3.63) is 60.2 Å². The van der Waals surface area contributed by atoms with Crippen molar-refractivity contribution in [2.24, 2.45) is 0 Å². The van der Waals surface area contributed by atoms with Gasteiger partial charge in [-0.05, 0) is 37.1 Å². The van der Waals surface area contributed by atoms with Crippen LogP contribution in [0.2, 0.25) is 0 Å². The first kappa shape index (κ1) is 21.7. The number of carbonyl (C=O) groups is 2. The Hall–Kier alpha value is -3.04. The molecule has 9 heteroatoms. The second-order valence-electron chi connectivity index (χ2n) is 7.00. The minimum atomic E-state index is -0.769. The van der Waals surface area contributed by atoms with E-state index in [-0.39, 0.29) is 24.6 Å². The van der Waals surface area contributed by atoms with E-state index in [1.807, 2.05) is 18.2 Å². The number of aliphatic hydroxyl groups is 1. The number of amides is 3. The van der Waals surface area contributed by atoms with E-state index in [0.717, 1.165) is 18.2 Å². The summed E-state index contributed by atoms with van der Waals surface area (Å²) in [6, 6.07) is 10.5. The summed E-state index contributed by atoms with van der Waals surface area (Å²) in [5.41, 5.74) is 0.387. The number of aliphatic hydroxyl groups excluding tert-OH is 1. The molecule has 0 bridgehead atoms. The lowest BCUT2D eigenvalue weighted by molar-refractivity contribution is -0.126. The molecule has 0 saturated carbocycles. The highest BCUT2D eigenvalue weighted by atomic mass is 19.1. The minimum Gasteiger partial charge on any atom is -0.394 e. The molecular formula is C21H23F2N3O4. The van der Waals surface area contributed by atoms with Crippen LogP contribution in [0, 0.1) is 11.6 Å². The average Bonchev–Trinajstić information content (AvgIpc) is 2.72. The van der Waals surface area contributed by atoms with E-state index in [1.54, 1.807) is 12.1 Å². The maximum Gasteiger partial charge on any atom is 0.319 e. The Morgan fingerprint density at radius 1 is 1.07 bits per heavy atom. The number of nitrogens with one attached hydrogen (secondary N) is 3. The molecule has 1 saturated heterocycles. The van der Waals surface area contributed by atoms with Crippen molar-refractivity contribution in [1.82, 2.24) is 5.32 Å². The third-order valence-corrected chi connectivity index (χ3v) is 4.76. The Labute approximate surface area is 172 Å². The molecule has 3 atom stereocenters. The van der Waals surface area contributed by atoms with Gasteiger partial charge in [0.1, 0.15) is 17.7 Å². The van der Waals surface area contributed by atoms with Crippen molar-refractivity contribution < 1.29 is 28.2 Å². The zero-order chi connectivity index (χ0) is 21.5. The van der Waals surface area contributed by atoms with Gasteiger partial charge in [0.05, 0.1) is 30.9 Å². The summed E-state index contributed by atoms with van der Waals surface area (Å²) in [5.74, 6) is -1.67. The number of halogens is 2. The fourth-order valence-corrected chi connectivity index (χ4v) is 3.31. The number of rotatable bonds is 6. The highest BCUT2D eigenvalue weighted by molar-refractivity contribution is 5.91. The molecule has 2 aromatic carbocycles. The molecule has 7 nitrogen and oxygen atoms in total. The van der Waals surface area contributed by atoms with Crippen LogP contribution in [0.1, 0.15) is 19.3 Å². The third kappa shape index (κ3) is 5.98. The summed E-state index contributed by atoms with van der Waals surface area (Å²) < 4.78 is 32.7. The Bertz CT molecular complexity index is 882. The predicted octanol–water partition coefficient (Wildman–Crippen LogP) is 3.02. The standard InChI is InChI=1S/C21H23F2N3O4/c22-13-6-8-16(23)18(10-13)26-21(29)25-17-9-7-15(30-19(17)12-27)11-20(28)24-14-4-2-1-3-5-14/h1-6,8,10,15,17,19,27H,7,9,11-12H2,(H,24,28)(H2,25,26,29)/t15-,17+,19+/m0/s1. The van der Waals surface area contributed by atoms with Crippen LogP contribution in [-0.4, -0.2) is 41.9 Å². The van der Waals surface area contributed by atoms with Crippen LogP contribution >= 0.6 is 0 Å². The molecular weight excluding hydrogens is 396 g/mol. The van der Waals surface area contributed by atoms with Gasteiger partial charge in [0.2, 0.25) is 5.91 Å². The van der Waals surface area contributed by atoms with Crippen LogP contribution in [0.4, 0.5) is 25.0 Å². The van der Waals surface area contributed by atoms with Gasteiger partial charge in [0.15, 0.2) is 0 Å². The van der Waals surface area contributed by atoms with E-state index in [4.69, 9.17) is 4.74 Å². The molecule has 0 unspecified atom stereocenters. The fourth-order valence-electron chi connectivity index (χ4n) is 3.31. The maximum atomic E-state index is 13.7. The molecule has 0 spiro atoms. The van der Waals surface area contributed by atoms with E-state index in [2.05, 4.69) is 16.0 Å². The second kappa shape index (κ2) is 10.1. The molecule has 1 fully saturated rings. The number of hydrogen-bond donors (Lipinski definition) is 4. The van der Waals surface area contributed by atoms with Gasteiger partial charge in [-0.15, -0.1) is 0 Å². The molecule has 0 radical (unpaired) electrons. The zero-order valence-electron chi connectivity index (χ0n) is 16.1. The number of hydrogen-bond acceptors (Lipinski definition) is 4. The summed E-state index contributed by atoms with van der Waals surface area (Å²) in [6.45, 7) is -0.365. The molecule has 30 heavy (non-hydrogen) atoms. The van der Waals surface area contributed by atoms with Gasteiger partial charge < -0.3 is 25.8 Å². The number of anilines is 2. The van der Waals surface area contributed by atoms with E-state index < -0.39 is 35.9 Å². The highest BCUT2D eigenvalue weighted by Gasteiger charge is 2.33. The van der Waals surface area contributed by atoms with Crippen molar-refractivity contribution in [2.75, 3.05) is 17.2 Å². The normalized spacial score (nSPS) is 21.0. The summed E-state index contributed by atoms with van der Waals surface area (Å²) in [4.78, 5) is 24.4.